The third-order valence-corrected chi connectivity index (χ3v) is 9.10. The molecule has 3 heteroatoms. The van der Waals surface area contributed by atoms with E-state index in [4.69, 9.17) is 15.0 Å². The molecule has 0 fully saturated rings. The molecule has 9 rings (SSSR count). The molecule has 0 aliphatic heterocycles. The lowest BCUT2D eigenvalue weighted by Gasteiger charge is -2.19. The summed E-state index contributed by atoms with van der Waals surface area (Å²) >= 11 is 0. The fourth-order valence-electron chi connectivity index (χ4n) is 6.81. The topological polar surface area (TPSA) is 38.7 Å². The summed E-state index contributed by atoms with van der Waals surface area (Å²) in [6, 6.07) is 61.8. The fourth-order valence-corrected chi connectivity index (χ4v) is 6.81. The maximum atomic E-state index is 4.96. The number of benzene rings is 8. The first-order valence-electron chi connectivity index (χ1n) is 16.2. The molecule has 1 heterocycles. The van der Waals surface area contributed by atoms with Gasteiger partial charge in [-0.25, -0.2) is 15.0 Å². The molecule has 0 radical (unpaired) electrons. The molecule has 0 aliphatic rings. The molecule has 0 bridgehead atoms. The predicted molar refractivity (Wildman–Crippen MR) is 200 cm³/mol. The smallest absolute Gasteiger partial charge is 0.164 e. The van der Waals surface area contributed by atoms with Gasteiger partial charge in [0.2, 0.25) is 0 Å². The lowest BCUT2D eigenvalue weighted by Crippen LogP contribution is -2.00. The minimum absolute atomic E-state index is 0.646. The standard InChI is InChI=1S/C45H29N3/c1-3-14-32(15-4-1)43-46-44(33-16-5-2-6-17-33)48-45(47-43)34-26-24-31(25-27-34)41-39-21-11-9-19-37(39)38-20-10-12-22-40(38)42(41)36-28-23-30-13-7-8-18-35(30)29-36/h1-29H. The van der Waals surface area contributed by atoms with Crippen molar-refractivity contribution in [2.24, 2.45) is 0 Å². The second kappa shape index (κ2) is 11.7. The number of hydrogen-bond donors (Lipinski definition) is 0. The maximum Gasteiger partial charge on any atom is 0.164 e. The van der Waals surface area contributed by atoms with E-state index in [1.807, 2.05) is 60.7 Å². The predicted octanol–water partition coefficient (Wildman–Crippen LogP) is 11.7. The van der Waals surface area contributed by atoms with Gasteiger partial charge in [-0.1, -0.05) is 170 Å². The van der Waals surface area contributed by atoms with Gasteiger partial charge in [-0.2, -0.15) is 0 Å². The summed E-state index contributed by atoms with van der Waals surface area (Å²) in [5.41, 5.74) is 7.65. The van der Waals surface area contributed by atoms with Gasteiger partial charge in [0.1, 0.15) is 0 Å². The average Bonchev–Trinajstić information content (AvgIpc) is 3.18. The van der Waals surface area contributed by atoms with E-state index < -0.39 is 0 Å². The van der Waals surface area contributed by atoms with Crippen LogP contribution in [0.4, 0.5) is 0 Å². The number of hydrogen-bond acceptors (Lipinski definition) is 3. The Morgan fingerprint density at radius 1 is 0.250 bits per heavy atom. The van der Waals surface area contributed by atoms with E-state index in [0.717, 1.165) is 22.3 Å². The average molecular weight is 612 g/mol. The van der Waals surface area contributed by atoms with Gasteiger partial charge < -0.3 is 0 Å². The molecule has 0 saturated heterocycles. The summed E-state index contributed by atoms with van der Waals surface area (Å²) in [5.74, 6) is 1.96. The largest absolute Gasteiger partial charge is 0.208 e. The van der Waals surface area contributed by atoms with Crippen molar-refractivity contribution in [3.8, 4) is 56.4 Å². The second-order valence-corrected chi connectivity index (χ2v) is 12.0. The lowest BCUT2D eigenvalue weighted by molar-refractivity contribution is 1.07. The first kappa shape index (κ1) is 27.8. The molecule has 224 valence electrons. The monoisotopic (exact) mass is 611 g/mol. The molecule has 1 aromatic heterocycles. The van der Waals surface area contributed by atoms with Gasteiger partial charge in [0.15, 0.2) is 17.5 Å². The Morgan fingerprint density at radius 2 is 0.625 bits per heavy atom. The Labute approximate surface area is 278 Å². The van der Waals surface area contributed by atoms with Crippen molar-refractivity contribution >= 4 is 32.3 Å². The van der Waals surface area contributed by atoms with Crippen LogP contribution in [0.3, 0.4) is 0 Å². The van der Waals surface area contributed by atoms with Crippen LogP contribution in [-0.2, 0) is 0 Å². The van der Waals surface area contributed by atoms with Crippen LogP contribution in [0.2, 0.25) is 0 Å². The van der Waals surface area contributed by atoms with Crippen molar-refractivity contribution < 1.29 is 0 Å². The van der Waals surface area contributed by atoms with E-state index in [9.17, 15) is 0 Å². The van der Waals surface area contributed by atoms with Crippen LogP contribution in [0, 0.1) is 0 Å². The van der Waals surface area contributed by atoms with Gasteiger partial charge in [-0.15, -0.1) is 0 Å². The summed E-state index contributed by atoms with van der Waals surface area (Å²) < 4.78 is 0. The second-order valence-electron chi connectivity index (χ2n) is 12.0. The van der Waals surface area contributed by atoms with Gasteiger partial charge >= 0.3 is 0 Å². The third kappa shape index (κ3) is 4.90. The van der Waals surface area contributed by atoms with E-state index in [1.54, 1.807) is 0 Å². The first-order chi connectivity index (χ1) is 23.8. The van der Waals surface area contributed by atoms with Gasteiger partial charge in [-0.05, 0) is 60.6 Å². The number of aromatic nitrogens is 3. The van der Waals surface area contributed by atoms with Crippen LogP contribution in [0.15, 0.2) is 176 Å². The Balaban J connectivity index is 1.25. The van der Waals surface area contributed by atoms with Crippen LogP contribution in [0.1, 0.15) is 0 Å². The Bertz CT molecular complexity index is 2540. The Hall–Kier alpha value is -6.45. The van der Waals surface area contributed by atoms with Crippen molar-refractivity contribution in [1.82, 2.24) is 15.0 Å². The third-order valence-electron chi connectivity index (χ3n) is 9.10. The molecule has 0 N–H and O–H groups in total. The summed E-state index contributed by atoms with van der Waals surface area (Å²) in [7, 11) is 0. The zero-order chi connectivity index (χ0) is 31.9. The molecular weight excluding hydrogens is 583 g/mol. The molecule has 48 heavy (non-hydrogen) atoms. The summed E-state index contributed by atoms with van der Waals surface area (Å²) in [6.45, 7) is 0. The van der Waals surface area contributed by atoms with Gasteiger partial charge in [-0.3, -0.25) is 0 Å². The first-order valence-corrected chi connectivity index (χ1v) is 16.2. The van der Waals surface area contributed by atoms with Crippen molar-refractivity contribution in [2.75, 3.05) is 0 Å². The van der Waals surface area contributed by atoms with Gasteiger partial charge in [0.05, 0.1) is 0 Å². The molecule has 9 aromatic rings. The van der Waals surface area contributed by atoms with Crippen LogP contribution in [0.25, 0.3) is 88.7 Å². The molecule has 3 nitrogen and oxygen atoms in total. The van der Waals surface area contributed by atoms with Crippen LogP contribution >= 0.6 is 0 Å². The van der Waals surface area contributed by atoms with E-state index in [2.05, 4.69) is 115 Å². The van der Waals surface area contributed by atoms with Gasteiger partial charge in [0, 0.05) is 16.7 Å². The number of fused-ring (bicyclic) bond motifs is 4. The Morgan fingerprint density at radius 3 is 1.17 bits per heavy atom. The fraction of sp³-hybridized carbons (Fsp3) is 0. The SMILES string of the molecule is c1ccc(-c2nc(-c3ccccc3)nc(-c3ccc(-c4c(-c5ccc6ccccc6c5)c5ccccc5c5ccccc45)cc3)n2)cc1. The number of nitrogens with zero attached hydrogens (tertiary/aromatic N) is 3. The van der Waals surface area contributed by atoms with Crippen LogP contribution < -0.4 is 0 Å². The Kier molecular flexibility index (Phi) is 6.80. The molecule has 0 amide bonds. The molecule has 0 aliphatic carbocycles. The van der Waals surface area contributed by atoms with E-state index >= 15 is 0 Å². The molecule has 0 unspecified atom stereocenters. The summed E-state index contributed by atoms with van der Waals surface area (Å²) in [5, 5.41) is 7.43. The molecule has 0 atom stereocenters. The minimum Gasteiger partial charge on any atom is -0.208 e. The van der Waals surface area contributed by atoms with E-state index in [0.29, 0.717) is 17.5 Å². The summed E-state index contributed by atoms with van der Waals surface area (Å²) in [4.78, 5) is 14.8. The van der Waals surface area contributed by atoms with Crippen molar-refractivity contribution in [1.29, 1.82) is 0 Å². The van der Waals surface area contributed by atoms with E-state index in [-0.39, 0.29) is 0 Å². The van der Waals surface area contributed by atoms with Crippen molar-refractivity contribution in [3.05, 3.63) is 176 Å². The molecule has 0 spiro atoms. The highest BCUT2D eigenvalue weighted by Gasteiger charge is 2.19. The molecule has 0 saturated carbocycles. The quantitative estimate of drug-likeness (QED) is 0.182. The number of rotatable bonds is 5. The zero-order valence-corrected chi connectivity index (χ0v) is 26.1. The zero-order valence-electron chi connectivity index (χ0n) is 26.1. The van der Waals surface area contributed by atoms with Gasteiger partial charge in [0.25, 0.3) is 0 Å². The molecular formula is C45H29N3. The van der Waals surface area contributed by atoms with Crippen LogP contribution in [-0.4, -0.2) is 15.0 Å². The lowest BCUT2D eigenvalue weighted by atomic mass is 9.84. The molecule has 8 aromatic carbocycles. The van der Waals surface area contributed by atoms with Crippen LogP contribution in [0.5, 0.6) is 0 Å². The highest BCUT2D eigenvalue weighted by Crippen LogP contribution is 2.45. The highest BCUT2D eigenvalue weighted by molar-refractivity contribution is 6.21. The summed E-state index contributed by atoms with van der Waals surface area (Å²) in [6.07, 6.45) is 0. The highest BCUT2D eigenvalue weighted by atomic mass is 15.0. The van der Waals surface area contributed by atoms with Crippen molar-refractivity contribution in [3.63, 3.8) is 0 Å². The normalized spacial score (nSPS) is 11.3. The minimum atomic E-state index is 0.646. The maximum absolute atomic E-state index is 4.96. The van der Waals surface area contributed by atoms with Crippen molar-refractivity contribution in [2.45, 2.75) is 0 Å². The van der Waals surface area contributed by atoms with E-state index in [1.165, 1.54) is 49.0 Å².